The van der Waals surface area contributed by atoms with Crippen molar-refractivity contribution < 1.29 is 4.74 Å². The molecule has 5 aromatic rings. The summed E-state index contributed by atoms with van der Waals surface area (Å²) in [6.07, 6.45) is 4.73. The summed E-state index contributed by atoms with van der Waals surface area (Å²) in [6.45, 7) is 6.74. The largest absolute Gasteiger partial charge is 0.379 e. The van der Waals surface area contributed by atoms with Crippen LogP contribution in [0, 0.1) is 11.3 Å². The zero-order chi connectivity index (χ0) is 25.7. The number of aromatic amines is 1. The Kier molecular flexibility index (Phi) is 7.33. The highest BCUT2D eigenvalue weighted by molar-refractivity contribution is 7.22. The van der Waals surface area contributed by atoms with Crippen LogP contribution in [0.4, 0.5) is 11.4 Å². The van der Waals surface area contributed by atoms with E-state index in [0.29, 0.717) is 5.56 Å². The fourth-order valence-electron chi connectivity index (χ4n) is 4.95. The van der Waals surface area contributed by atoms with Gasteiger partial charge in [0.25, 0.3) is 0 Å². The number of morpholine rings is 1. The van der Waals surface area contributed by atoms with Gasteiger partial charge in [-0.2, -0.15) is 5.26 Å². The molecule has 1 aliphatic heterocycles. The molecule has 0 bridgehead atoms. The number of benzene rings is 2. The minimum atomic E-state index is 0.533. The lowest BCUT2D eigenvalue weighted by atomic mass is 10.1. The Hall–Kier alpha value is -3.74. The van der Waals surface area contributed by atoms with Gasteiger partial charge in [0.05, 0.1) is 24.5 Å². The van der Waals surface area contributed by atoms with Crippen LogP contribution in [0.3, 0.4) is 0 Å². The zero-order valence-corrected chi connectivity index (χ0v) is 22.0. The van der Waals surface area contributed by atoms with Crippen LogP contribution in [0.15, 0.2) is 67.0 Å². The van der Waals surface area contributed by atoms with Crippen molar-refractivity contribution in [1.82, 2.24) is 20.2 Å². The van der Waals surface area contributed by atoms with Crippen molar-refractivity contribution in [2.24, 2.45) is 0 Å². The van der Waals surface area contributed by atoms with E-state index in [-0.39, 0.29) is 0 Å². The molecule has 1 saturated heterocycles. The Morgan fingerprint density at radius 2 is 2.03 bits per heavy atom. The number of pyridine rings is 1. The molecule has 8 heteroatoms. The minimum Gasteiger partial charge on any atom is -0.379 e. The normalized spacial score (nSPS) is 14.2. The van der Waals surface area contributed by atoms with Crippen LogP contribution >= 0.6 is 11.3 Å². The van der Waals surface area contributed by atoms with Crippen LogP contribution in [0.25, 0.3) is 31.6 Å². The molecule has 0 aliphatic carbocycles. The van der Waals surface area contributed by atoms with Gasteiger partial charge in [-0.15, -0.1) is 11.3 Å². The summed E-state index contributed by atoms with van der Waals surface area (Å²) in [5, 5.41) is 19.0. The smallest absolute Gasteiger partial charge is 0.126 e. The van der Waals surface area contributed by atoms with E-state index in [4.69, 9.17) is 4.74 Å². The van der Waals surface area contributed by atoms with Gasteiger partial charge >= 0.3 is 0 Å². The molecule has 4 heterocycles. The second-order valence-corrected chi connectivity index (χ2v) is 10.6. The first-order valence-electron chi connectivity index (χ1n) is 13.0. The molecule has 1 fully saturated rings. The second kappa shape index (κ2) is 11.3. The van der Waals surface area contributed by atoms with Crippen molar-refractivity contribution in [2.45, 2.75) is 13.0 Å². The number of hydrogen-bond donors (Lipinski definition) is 3. The maximum Gasteiger partial charge on any atom is 0.126 e. The molecule has 0 unspecified atom stereocenters. The van der Waals surface area contributed by atoms with E-state index in [1.165, 1.54) is 11.1 Å². The number of ether oxygens (including phenoxy) is 1. The molecule has 0 saturated carbocycles. The Balaban J connectivity index is 1.18. The Bertz CT molecular complexity index is 1590. The molecule has 6 rings (SSSR count). The molecule has 0 amide bonds. The van der Waals surface area contributed by atoms with Crippen molar-refractivity contribution in [2.75, 3.05) is 44.7 Å². The van der Waals surface area contributed by atoms with Crippen LogP contribution in [0.5, 0.6) is 0 Å². The van der Waals surface area contributed by atoms with Gasteiger partial charge in [-0.25, -0.2) is 4.98 Å². The number of anilines is 2. The third-order valence-corrected chi connectivity index (χ3v) is 8.07. The topological polar surface area (TPSA) is 89.0 Å². The highest BCUT2D eigenvalue weighted by atomic mass is 32.1. The average Bonchev–Trinajstić information content (AvgIpc) is 3.61. The van der Waals surface area contributed by atoms with Gasteiger partial charge in [0.15, 0.2) is 0 Å². The lowest BCUT2D eigenvalue weighted by molar-refractivity contribution is 0.0374. The SMILES string of the molecule is N#Cc1cnc2sc(-c3cccc(CNCCCN4CCOCC4)c3)cc2c1Nc1ccc2[nH]ccc2c1. The Labute approximate surface area is 226 Å². The van der Waals surface area contributed by atoms with Crippen LogP contribution in [-0.4, -0.2) is 54.3 Å². The molecule has 7 nitrogen and oxygen atoms in total. The highest BCUT2D eigenvalue weighted by Crippen LogP contribution is 2.38. The van der Waals surface area contributed by atoms with Gasteiger partial charge in [-0.05, 0) is 67.0 Å². The first-order valence-corrected chi connectivity index (χ1v) is 13.9. The van der Waals surface area contributed by atoms with Gasteiger partial charge in [0.1, 0.15) is 10.9 Å². The average molecular weight is 523 g/mol. The molecule has 0 atom stereocenters. The summed E-state index contributed by atoms with van der Waals surface area (Å²) in [7, 11) is 0. The van der Waals surface area contributed by atoms with Gasteiger partial charge < -0.3 is 20.4 Å². The number of aromatic nitrogens is 2. The van der Waals surface area contributed by atoms with Crippen molar-refractivity contribution >= 4 is 43.8 Å². The molecule has 0 radical (unpaired) electrons. The summed E-state index contributed by atoms with van der Waals surface area (Å²) in [5.41, 5.74) is 5.78. The third kappa shape index (κ3) is 5.42. The van der Waals surface area contributed by atoms with E-state index >= 15 is 0 Å². The van der Waals surface area contributed by atoms with E-state index in [1.807, 2.05) is 24.4 Å². The van der Waals surface area contributed by atoms with Gasteiger partial charge in [-0.1, -0.05) is 18.2 Å². The molecular formula is C30H30N6OS. The van der Waals surface area contributed by atoms with E-state index < -0.39 is 0 Å². The van der Waals surface area contributed by atoms with Crippen molar-refractivity contribution in [3.8, 4) is 16.5 Å². The molecule has 3 N–H and O–H groups in total. The number of hydrogen-bond acceptors (Lipinski definition) is 7. The standard InChI is InChI=1S/C30H30N6OS/c31-18-24-20-34-30-26(29(24)35-25-5-6-27-22(16-25)7-9-33-27)17-28(38-30)23-4-1-3-21(15-23)19-32-8-2-10-36-11-13-37-14-12-36/h1,3-7,9,15-17,20,32-33H,2,8,10-14,19H2,(H,34,35). The number of nitriles is 1. The maximum atomic E-state index is 9.80. The third-order valence-electron chi connectivity index (χ3n) is 6.98. The molecule has 192 valence electrons. The minimum absolute atomic E-state index is 0.533. The Morgan fingerprint density at radius 3 is 2.92 bits per heavy atom. The number of nitrogens with one attached hydrogen (secondary N) is 3. The summed E-state index contributed by atoms with van der Waals surface area (Å²) in [6, 6.07) is 21.3. The quantitative estimate of drug-likeness (QED) is 0.210. The van der Waals surface area contributed by atoms with Crippen molar-refractivity contribution in [3.63, 3.8) is 0 Å². The number of fused-ring (bicyclic) bond motifs is 2. The molecule has 0 spiro atoms. The number of thiophene rings is 1. The van der Waals surface area contributed by atoms with Crippen LogP contribution in [-0.2, 0) is 11.3 Å². The predicted octanol–water partition coefficient (Wildman–Crippen LogP) is 5.87. The summed E-state index contributed by atoms with van der Waals surface area (Å²) in [4.78, 5) is 12.3. The molecule has 2 aromatic carbocycles. The Morgan fingerprint density at radius 1 is 1.11 bits per heavy atom. The molecular weight excluding hydrogens is 492 g/mol. The fourth-order valence-corrected chi connectivity index (χ4v) is 5.95. The van der Waals surface area contributed by atoms with Gasteiger partial charge in [0, 0.05) is 58.9 Å². The summed E-state index contributed by atoms with van der Waals surface area (Å²) in [5.74, 6) is 0. The zero-order valence-electron chi connectivity index (χ0n) is 21.2. The monoisotopic (exact) mass is 522 g/mol. The first kappa shape index (κ1) is 24.6. The van der Waals surface area contributed by atoms with Crippen LogP contribution in [0.2, 0.25) is 0 Å². The summed E-state index contributed by atoms with van der Waals surface area (Å²) >= 11 is 1.65. The highest BCUT2D eigenvalue weighted by Gasteiger charge is 2.15. The van der Waals surface area contributed by atoms with E-state index in [1.54, 1.807) is 17.5 Å². The van der Waals surface area contributed by atoms with Crippen molar-refractivity contribution in [3.05, 3.63) is 78.1 Å². The maximum absolute atomic E-state index is 9.80. The molecule has 3 aromatic heterocycles. The first-order chi connectivity index (χ1) is 18.8. The van der Waals surface area contributed by atoms with E-state index in [2.05, 4.69) is 68.0 Å². The van der Waals surface area contributed by atoms with Gasteiger partial charge in [-0.3, -0.25) is 4.90 Å². The van der Waals surface area contributed by atoms with E-state index in [0.717, 1.165) is 89.7 Å². The van der Waals surface area contributed by atoms with Crippen LogP contribution in [0.1, 0.15) is 17.5 Å². The summed E-state index contributed by atoms with van der Waals surface area (Å²) < 4.78 is 5.43. The van der Waals surface area contributed by atoms with E-state index in [9.17, 15) is 5.26 Å². The number of nitrogens with zero attached hydrogens (tertiary/aromatic N) is 3. The van der Waals surface area contributed by atoms with Gasteiger partial charge in [0.2, 0.25) is 0 Å². The van der Waals surface area contributed by atoms with Crippen molar-refractivity contribution in [1.29, 1.82) is 5.26 Å². The van der Waals surface area contributed by atoms with Crippen LogP contribution < -0.4 is 10.6 Å². The predicted molar refractivity (Wildman–Crippen MR) is 155 cm³/mol. The second-order valence-electron chi connectivity index (χ2n) is 9.58. The molecule has 1 aliphatic rings. The lowest BCUT2D eigenvalue weighted by Crippen LogP contribution is -2.37. The fraction of sp³-hybridized carbons (Fsp3) is 0.267. The number of rotatable bonds is 9. The lowest BCUT2D eigenvalue weighted by Gasteiger charge is -2.26. The number of H-pyrrole nitrogens is 1. The molecule has 38 heavy (non-hydrogen) atoms.